The molecule has 0 aliphatic heterocycles. The number of rotatable bonds is 2. The summed E-state index contributed by atoms with van der Waals surface area (Å²) in [5, 5.41) is 4.10. The van der Waals surface area contributed by atoms with Crippen molar-refractivity contribution in [3.63, 3.8) is 0 Å². The summed E-state index contributed by atoms with van der Waals surface area (Å²) in [7, 11) is 1.93. The fraction of sp³-hybridized carbons (Fsp3) is 0.500. The summed E-state index contributed by atoms with van der Waals surface area (Å²) < 4.78 is 1.82. The van der Waals surface area contributed by atoms with Crippen LogP contribution in [0, 0.1) is 5.92 Å². The van der Waals surface area contributed by atoms with Gasteiger partial charge in [0, 0.05) is 18.8 Å². The minimum atomic E-state index is 0.616. The largest absolute Gasteiger partial charge is 0.275 e. The molecular formula is C10H16N2. The highest BCUT2D eigenvalue weighted by molar-refractivity contribution is 5.50. The van der Waals surface area contributed by atoms with Crippen LogP contribution in [-0.4, -0.2) is 9.78 Å². The number of allylic oxidation sites excluding steroid dienone is 1. The van der Waals surface area contributed by atoms with Gasteiger partial charge in [0.15, 0.2) is 0 Å². The normalized spacial score (nSPS) is 12.6. The lowest BCUT2D eigenvalue weighted by molar-refractivity contribution is 0.767. The SMILES string of the molecule is C/C(=C\c1cnn(C)c1)C(C)C. The summed E-state index contributed by atoms with van der Waals surface area (Å²) in [6, 6.07) is 0. The second kappa shape index (κ2) is 3.57. The van der Waals surface area contributed by atoms with Crippen molar-refractivity contribution in [2.45, 2.75) is 20.8 Å². The topological polar surface area (TPSA) is 17.8 Å². The Balaban J connectivity index is 2.80. The minimum absolute atomic E-state index is 0.616. The van der Waals surface area contributed by atoms with E-state index in [2.05, 4.69) is 31.9 Å². The molecule has 0 spiro atoms. The molecule has 0 radical (unpaired) electrons. The average molecular weight is 164 g/mol. The average Bonchev–Trinajstić information content (AvgIpc) is 2.35. The summed E-state index contributed by atoms with van der Waals surface area (Å²) in [4.78, 5) is 0. The maximum atomic E-state index is 4.10. The van der Waals surface area contributed by atoms with Crippen molar-refractivity contribution < 1.29 is 0 Å². The van der Waals surface area contributed by atoms with Crippen LogP contribution in [0.2, 0.25) is 0 Å². The Bertz CT molecular complexity index is 282. The van der Waals surface area contributed by atoms with Gasteiger partial charge in [-0.15, -0.1) is 0 Å². The monoisotopic (exact) mass is 164 g/mol. The molecular weight excluding hydrogens is 148 g/mol. The zero-order chi connectivity index (χ0) is 9.14. The molecule has 2 heteroatoms. The number of hydrogen-bond acceptors (Lipinski definition) is 1. The van der Waals surface area contributed by atoms with Crippen LogP contribution in [0.3, 0.4) is 0 Å². The molecule has 1 rings (SSSR count). The molecule has 0 saturated heterocycles. The Morgan fingerprint density at radius 2 is 2.25 bits per heavy atom. The number of hydrogen-bond donors (Lipinski definition) is 0. The van der Waals surface area contributed by atoms with E-state index in [1.807, 2.05) is 24.1 Å². The van der Waals surface area contributed by atoms with E-state index >= 15 is 0 Å². The van der Waals surface area contributed by atoms with E-state index in [0.717, 1.165) is 0 Å². The van der Waals surface area contributed by atoms with Gasteiger partial charge in [-0.1, -0.05) is 25.5 Å². The van der Waals surface area contributed by atoms with Gasteiger partial charge in [-0.3, -0.25) is 4.68 Å². The predicted octanol–water partition coefficient (Wildman–Crippen LogP) is 2.48. The molecule has 0 atom stereocenters. The second-order valence-electron chi connectivity index (χ2n) is 3.49. The first-order chi connectivity index (χ1) is 5.59. The van der Waals surface area contributed by atoms with Crippen molar-refractivity contribution in [2.75, 3.05) is 0 Å². The molecule has 1 aromatic heterocycles. The van der Waals surface area contributed by atoms with Gasteiger partial charge in [0.2, 0.25) is 0 Å². The number of aromatic nitrogens is 2. The fourth-order valence-corrected chi connectivity index (χ4v) is 0.944. The van der Waals surface area contributed by atoms with Gasteiger partial charge < -0.3 is 0 Å². The standard InChI is InChI=1S/C10H16N2/c1-8(2)9(3)5-10-6-11-12(4)7-10/h5-8H,1-4H3/b9-5+. The van der Waals surface area contributed by atoms with Gasteiger partial charge in [0.25, 0.3) is 0 Å². The van der Waals surface area contributed by atoms with Crippen LogP contribution in [0.15, 0.2) is 18.0 Å². The van der Waals surface area contributed by atoms with Gasteiger partial charge in [0.05, 0.1) is 6.20 Å². The molecule has 2 nitrogen and oxygen atoms in total. The van der Waals surface area contributed by atoms with E-state index in [4.69, 9.17) is 0 Å². The van der Waals surface area contributed by atoms with E-state index in [0.29, 0.717) is 5.92 Å². The van der Waals surface area contributed by atoms with Gasteiger partial charge >= 0.3 is 0 Å². The van der Waals surface area contributed by atoms with E-state index in [1.165, 1.54) is 11.1 Å². The highest BCUT2D eigenvalue weighted by Crippen LogP contribution is 2.12. The van der Waals surface area contributed by atoms with Gasteiger partial charge in [-0.2, -0.15) is 5.10 Å². The van der Waals surface area contributed by atoms with Crippen molar-refractivity contribution in [1.29, 1.82) is 0 Å². The van der Waals surface area contributed by atoms with E-state index in [9.17, 15) is 0 Å². The highest BCUT2D eigenvalue weighted by Gasteiger charge is 1.97. The zero-order valence-electron chi connectivity index (χ0n) is 8.20. The molecule has 0 aromatic carbocycles. The third-order valence-corrected chi connectivity index (χ3v) is 2.03. The molecule has 1 aromatic rings. The summed E-state index contributed by atoms with van der Waals surface area (Å²) in [5.41, 5.74) is 2.58. The summed E-state index contributed by atoms with van der Waals surface area (Å²) in [6.07, 6.45) is 6.08. The Hall–Kier alpha value is -1.05. The van der Waals surface area contributed by atoms with E-state index in [1.54, 1.807) is 0 Å². The Morgan fingerprint density at radius 3 is 2.67 bits per heavy atom. The van der Waals surface area contributed by atoms with Crippen molar-refractivity contribution >= 4 is 6.08 Å². The molecule has 12 heavy (non-hydrogen) atoms. The van der Waals surface area contributed by atoms with Crippen molar-refractivity contribution in [1.82, 2.24) is 9.78 Å². The molecule has 0 N–H and O–H groups in total. The molecule has 0 aliphatic carbocycles. The summed E-state index contributed by atoms with van der Waals surface area (Å²) in [5.74, 6) is 0.616. The van der Waals surface area contributed by atoms with Crippen LogP contribution in [-0.2, 0) is 7.05 Å². The van der Waals surface area contributed by atoms with E-state index in [-0.39, 0.29) is 0 Å². The lowest BCUT2D eigenvalue weighted by atomic mass is 10.0. The van der Waals surface area contributed by atoms with Crippen molar-refractivity contribution in [3.05, 3.63) is 23.5 Å². The first kappa shape index (κ1) is 9.04. The van der Waals surface area contributed by atoms with Crippen molar-refractivity contribution in [3.8, 4) is 0 Å². The Kier molecular flexibility index (Phi) is 2.69. The first-order valence-corrected chi connectivity index (χ1v) is 4.26. The lowest BCUT2D eigenvalue weighted by Gasteiger charge is -2.02. The maximum absolute atomic E-state index is 4.10. The maximum Gasteiger partial charge on any atom is 0.0562 e. The third-order valence-electron chi connectivity index (χ3n) is 2.03. The minimum Gasteiger partial charge on any atom is -0.275 e. The van der Waals surface area contributed by atoms with Gasteiger partial charge in [0.1, 0.15) is 0 Å². The summed E-state index contributed by atoms with van der Waals surface area (Å²) in [6.45, 7) is 6.54. The predicted molar refractivity (Wildman–Crippen MR) is 51.7 cm³/mol. The van der Waals surface area contributed by atoms with Crippen LogP contribution < -0.4 is 0 Å². The molecule has 0 amide bonds. The lowest BCUT2D eigenvalue weighted by Crippen LogP contribution is -1.87. The molecule has 0 bridgehead atoms. The Labute approximate surface area is 73.9 Å². The van der Waals surface area contributed by atoms with Crippen LogP contribution in [0.25, 0.3) is 6.08 Å². The molecule has 66 valence electrons. The summed E-state index contributed by atoms with van der Waals surface area (Å²) >= 11 is 0. The third kappa shape index (κ3) is 2.22. The van der Waals surface area contributed by atoms with Gasteiger partial charge in [-0.05, 0) is 12.8 Å². The second-order valence-corrected chi connectivity index (χ2v) is 3.49. The van der Waals surface area contributed by atoms with Crippen molar-refractivity contribution in [2.24, 2.45) is 13.0 Å². The van der Waals surface area contributed by atoms with Gasteiger partial charge in [-0.25, -0.2) is 0 Å². The van der Waals surface area contributed by atoms with E-state index < -0.39 is 0 Å². The van der Waals surface area contributed by atoms with Crippen LogP contribution in [0.1, 0.15) is 26.3 Å². The molecule has 1 heterocycles. The fourth-order valence-electron chi connectivity index (χ4n) is 0.944. The molecule has 0 fully saturated rings. The first-order valence-electron chi connectivity index (χ1n) is 4.26. The quantitative estimate of drug-likeness (QED) is 0.656. The highest BCUT2D eigenvalue weighted by atomic mass is 15.2. The number of nitrogens with zero attached hydrogens (tertiary/aromatic N) is 2. The van der Waals surface area contributed by atoms with Crippen LogP contribution >= 0.6 is 0 Å². The zero-order valence-corrected chi connectivity index (χ0v) is 8.20. The molecule has 0 saturated carbocycles. The Morgan fingerprint density at radius 1 is 1.58 bits per heavy atom. The van der Waals surface area contributed by atoms with Crippen LogP contribution in [0.5, 0.6) is 0 Å². The molecule has 0 unspecified atom stereocenters. The smallest absolute Gasteiger partial charge is 0.0562 e. The number of aryl methyl sites for hydroxylation is 1. The molecule has 0 aliphatic rings. The van der Waals surface area contributed by atoms with Crippen LogP contribution in [0.4, 0.5) is 0 Å².